The lowest BCUT2D eigenvalue weighted by molar-refractivity contribution is -0.00545. The molecule has 3 aromatic rings. The second-order valence-corrected chi connectivity index (χ2v) is 7.77. The van der Waals surface area contributed by atoms with E-state index in [0.29, 0.717) is 23.4 Å². The van der Waals surface area contributed by atoms with Gasteiger partial charge in [0.15, 0.2) is 0 Å². The second-order valence-electron chi connectivity index (χ2n) is 7.77. The molecule has 0 saturated carbocycles. The molecule has 1 aliphatic heterocycles. The van der Waals surface area contributed by atoms with E-state index >= 15 is 0 Å². The number of pyridine rings is 1. The SMILES string of the molecule is CCc1c(C(=O)Nc2ccc(N3CC(C)OC(C)C3)nc2)cnn1-c1ccc(F)cc1. The maximum Gasteiger partial charge on any atom is 0.259 e. The van der Waals surface area contributed by atoms with Crippen molar-refractivity contribution in [2.45, 2.75) is 39.4 Å². The van der Waals surface area contributed by atoms with Crippen molar-refractivity contribution in [2.75, 3.05) is 23.3 Å². The number of nitrogens with one attached hydrogen (secondary N) is 1. The van der Waals surface area contributed by atoms with Gasteiger partial charge >= 0.3 is 0 Å². The first kappa shape index (κ1) is 21.0. The molecular weight excluding hydrogens is 397 g/mol. The van der Waals surface area contributed by atoms with Crippen molar-refractivity contribution in [1.29, 1.82) is 0 Å². The van der Waals surface area contributed by atoms with E-state index in [2.05, 4.69) is 34.1 Å². The van der Waals surface area contributed by atoms with Crippen LogP contribution in [-0.4, -0.2) is 46.0 Å². The van der Waals surface area contributed by atoms with Crippen LogP contribution in [0.5, 0.6) is 0 Å². The number of benzene rings is 1. The summed E-state index contributed by atoms with van der Waals surface area (Å²) in [6.45, 7) is 7.62. The van der Waals surface area contributed by atoms with E-state index in [1.807, 2.05) is 19.1 Å². The molecule has 2 atom stereocenters. The summed E-state index contributed by atoms with van der Waals surface area (Å²) in [6.07, 6.45) is 4.10. The van der Waals surface area contributed by atoms with Crippen molar-refractivity contribution in [3.8, 4) is 5.69 Å². The van der Waals surface area contributed by atoms with Gasteiger partial charge in [-0.1, -0.05) is 6.92 Å². The Morgan fingerprint density at radius 3 is 2.45 bits per heavy atom. The Kier molecular flexibility index (Phi) is 5.99. The minimum absolute atomic E-state index is 0.148. The summed E-state index contributed by atoms with van der Waals surface area (Å²) < 4.78 is 20.7. The van der Waals surface area contributed by atoms with E-state index in [-0.39, 0.29) is 23.9 Å². The van der Waals surface area contributed by atoms with Gasteiger partial charge in [-0.3, -0.25) is 4.79 Å². The van der Waals surface area contributed by atoms with Crippen LogP contribution in [-0.2, 0) is 11.2 Å². The number of halogens is 1. The molecule has 1 amide bonds. The van der Waals surface area contributed by atoms with Crippen LogP contribution in [0.1, 0.15) is 36.8 Å². The van der Waals surface area contributed by atoms with Crippen molar-refractivity contribution in [2.24, 2.45) is 0 Å². The summed E-state index contributed by atoms with van der Waals surface area (Å²) in [7, 11) is 0. The lowest BCUT2D eigenvalue weighted by atomic mass is 10.2. The molecule has 0 aliphatic carbocycles. The number of carbonyl (C=O) groups is 1. The lowest BCUT2D eigenvalue weighted by Gasteiger charge is -2.36. The second kappa shape index (κ2) is 8.85. The molecular formula is C23H26FN5O2. The van der Waals surface area contributed by atoms with Crippen LogP contribution in [0.25, 0.3) is 5.69 Å². The number of nitrogens with zero attached hydrogens (tertiary/aromatic N) is 4. The van der Waals surface area contributed by atoms with E-state index < -0.39 is 0 Å². The zero-order valence-electron chi connectivity index (χ0n) is 17.9. The van der Waals surface area contributed by atoms with Gasteiger partial charge in [-0.15, -0.1) is 0 Å². The summed E-state index contributed by atoms with van der Waals surface area (Å²) in [5.74, 6) is 0.288. The molecule has 4 rings (SSSR count). The number of hydrogen-bond acceptors (Lipinski definition) is 5. The third-order valence-electron chi connectivity index (χ3n) is 5.27. The third-order valence-corrected chi connectivity index (χ3v) is 5.27. The fourth-order valence-electron chi connectivity index (χ4n) is 3.92. The fraction of sp³-hybridized carbons (Fsp3) is 0.348. The molecule has 162 valence electrons. The van der Waals surface area contributed by atoms with Crippen molar-refractivity contribution in [3.63, 3.8) is 0 Å². The molecule has 1 N–H and O–H groups in total. The van der Waals surface area contributed by atoms with E-state index in [9.17, 15) is 9.18 Å². The molecule has 1 aromatic carbocycles. The van der Waals surface area contributed by atoms with Crippen LogP contribution in [0, 0.1) is 5.82 Å². The van der Waals surface area contributed by atoms with Crippen LogP contribution in [0.4, 0.5) is 15.9 Å². The third kappa shape index (κ3) is 4.59. The molecule has 3 heterocycles. The molecule has 0 spiro atoms. The zero-order chi connectivity index (χ0) is 22.0. The number of hydrogen-bond donors (Lipinski definition) is 1. The Bertz CT molecular complexity index is 1040. The molecule has 1 aliphatic rings. The topological polar surface area (TPSA) is 72.3 Å². The predicted molar refractivity (Wildman–Crippen MR) is 117 cm³/mol. The van der Waals surface area contributed by atoms with E-state index in [0.717, 1.165) is 24.6 Å². The standard InChI is InChI=1S/C23H26FN5O2/c1-4-21-20(12-26-29(21)19-8-5-17(24)6-9-19)23(30)27-18-7-10-22(25-11-18)28-13-15(2)31-16(3)14-28/h5-12,15-16H,4,13-14H2,1-3H3,(H,27,30). The number of anilines is 2. The fourth-order valence-corrected chi connectivity index (χ4v) is 3.92. The molecule has 0 bridgehead atoms. The van der Waals surface area contributed by atoms with Crippen molar-refractivity contribution in [3.05, 3.63) is 65.9 Å². The number of morpholine rings is 1. The largest absolute Gasteiger partial charge is 0.372 e. The van der Waals surface area contributed by atoms with Gasteiger partial charge in [-0.05, 0) is 56.7 Å². The number of amides is 1. The number of rotatable bonds is 5. The highest BCUT2D eigenvalue weighted by Crippen LogP contribution is 2.21. The van der Waals surface area contributed by atoms with Gasteiger partial charge in [0, 0.05) is 13.1 Å². The molecule has 1 fully saturated rings. The van der Waals surface area contributed by atoms with Gasteiger partial charge in [0.2, 0.25) is 0 Å². The summed E-state index contributed by atoms with van der Waals surface area (Å²) in [4.78, 5) is 19.6. The Balaban J connectivity index is 1.49. The van der Waals surface area contributed by atoms with Crippen LogP contribution in [0.3, 0.4) is 0 Å². The first-order valence-corrected chi connectivity index (χ1v) is 10.4. The number of aromatic nitrogens is 3. The number of ether oxygens (including phenoxy) is 1. The highest BCUT2D eigenvalue weighted by atomic mass is 19.1. The number of carbonyl (C=O) groups excluding carboxylic acids is 1. The van der Waals surface area contributed by atoms with Gasteiger partial charge in [0.1, 0.15) is 11.6 Å². The van der Waals surface area contributed by atoms with Crippen molar-refractivity contribution < 1.29 is 13.9 Å². The van der Waals surface area contributed by atoms with E-state index in [1.165, 1.54) is 18.3 Å². The normalized spacial score (nSPS) is 18.8. The molecule has 2 unspecified atom stereocenters. The van der Waals surface area contributed by atoms with Gasteiger partial charge in [0.25, 0.3) is 5.91 Å². The Labute approximate surface area is 180 Å². The van der Waals surface area contributed by atoms with Gasteiger partial charge in [-0.2, -0.15) is 5.10 Å². The van der Waals surface area contributed by atoms with Crippen LogP contribution >= 0.6 is 0 Å². The van der Waals surface area contributed by atoms with Crippen LogP contribution in [0.15, 0.2) is 48.8 Å². The van der Waals surface area contributed by atoms with Crippen LogP contribution < -0.4 is 10.2 Å². The van der Waals surface area contributed by atoms with Gasteiger partial charge in [-0.25, -0.2) is 14.1 Å². The van der Waals surface area contributed by atoms with E-state index in [4.69, 9.17) is 4.74 Å². The monoisotopic (exact) mass is 423 g/mol. The molecule has 31 heavy (non-hydrogen) atoms. The van der Waals surface area contributed by atoms with Crippen molar-refractivity contribution >= 4 is 17.4 Å². The van der Waals surface area contributed by atoms with Crippen molar-refractivity contribution in [1.82, 2.24) is 14.8 Å². The van der Waals surface area contributed by atoms with Gasteiger partial charge < -0.3 is 15.0 Å². The van der Waals surface area contributed by atoms with Crippen LogP contribution in [0.2, 0.25) is 0 Å². The summed E-state index contributed by atoms with van der Waals surface area (Å²) in [5.41, 5.74) is 2.55. The highest BCUT2D eigenvalue weighted by Gasteiger charge is 2.23. The minimum Gasteiger partial charge on any atom is -0.372 e. The smallest absolute Gasteiger partial charge is 0.259 e. The van der Waals surface area contributed by atoms with Gasteiger partial charge in [0.05, 0.1) is 47.2 Å². The maximum atomic E-state index is 13.2. The molecule has 1 saturated heterocycles. The summed E-state index contributed by atoms with van der Waals surface area (Å²) in [5, 5.41) is 7.23. The molecule has 2 aromatic heterocycles. The molecule has 7 nitrogen and oxygen atoms in total. The summed E-state index contributed by atoms with van der Waals surface area (Å²) >= 11 is 0. The minimum atomic E-state index is -0.316. The highest BCUT2D eigenvalue weighted by molar-refractivity contribution is 6.05. The first-order chi connectivity index (χ1) is 14.9. The molecule has 0 radical (unpaired) electrons. The average molecular weight is 423 g/mol. The summed E-state index contributed by atoms with van der Waals surface area (Å²) in [6, 6.07) is 9.78. The Morgan fingerprint density at radius 1 is 1.13 bits per heavy atom. The van der Waals surface area contributed by atoms with E-state index in [1.54, 1.807) is 23.0 Å². The average Bonchev–Trinajstić information content (AvgIpc) is 3.18. The zero-order valence-corrected chi connectivity index (χ0v) is 17.9. The lowest BCUT2D eigenvalue weighted by Crippen LogP contribution is -2.45. The molecule has 8 heteroatoms. The quantitative estimate of drug-likeness (QED) is 0.675. The Hall–Kier alpha value is -3.26. The first-order valence-electron chi connectivity index (χ1n) is 10.4. The maximum absolute atomic E-state index is 13.2. The Morgan fingerprint density at radius 2 is 1.84 bits per heavy atom. The predicted octanol–water partition coefficient (Wildman–Crippen LogP) is 3.83.